The van der Waals surface area contributed by atoms with Crippen LogP contribution in [0, 0.1) is 23.2 Å². The Morgan fingerprint density at radius 1 is 1.20 bits per heavy atom. The van der Waals surface area contributed by atoms with Crippen LogP contribution in [0.3, 0.4) is 0 Å². The number of hydrogen-bond donors (Lipinski definition) is 3. The maximum absolute atomic E-state index is 10.2. The maximum Gasteiger partial charge on any atom is 0.0935 e. The molecule has 0 saturated heterocycles. The summed E-state index contributed by atoms with van der Waals surface area (Å²) in [5, 5.41) is 30.3. The Labute approximate surface area is 181 Å². The lowest BCUT2D eigenvalue weighted by Gasteiger charge is -2.44. The van der Waals surface area contributed by atoms with E-state index in [1.807, 2.05) is 6.08 Å². The van der Waals surface area contributed by atoms with Crippen molar-refractivity contribution in [2.75, 3.05) is 0 Å². The molecule has 4 aliphatic carbocycles. The molecular formula is C27H38O3. The molecule has 3 saturated carbocycles. The molecule has 0 aliphatic heterocycles. The largest absolute Gasteiger partial charge is 0.393 e. The summed E-state index contributed by atoms with van der Waals surface area (Å²) in [6.45, 7) is 8.85. The van der Waals surface area contributed by atoms with Gasteiger partial charge in [0, 0.05) is 6.42 Å². The molecular weight excluding hydrogens is 372 g/mol. The number of aliphatic hydroxyl groups is 3. The molecule has 0 radical (unpaired) electrons. The van der Waals surface area contributed by atoms with Crippen LogP contribution in [0.1, 0.15) is 65.2 Å². The number of allylic oxidation sites excluding steroid dienone is 5. The summed E-state index contributed by atoms with van der Waals surface area (Å²) in [7, 11) is 0. The van der Waals surface area contributed by atoms with Crippen LogP contribution in [-0.2, 0) is 0 Å². The highest BCUT2D eigenvalue weighted by Gasteiger charge is 2.50. The van der Waals surface area contributed by atoms with Gasteiger partial charge in [0.05, 0.1) is 18.3 Å². The fourth-order valence-corrected chi connectivity index (χ4v) is 6.45. The predicted molar refractivity (Wildman–Crippen MR) is 122 cm³/mol. The van der Waals surface area contributed by atoms with E-state index in [0.29, 0.717) is 36.0 Å². The van der Waals surface area contributed by atoms with Crippen molar-refractivity contribution < 1.29 is 15.3 Å². The minimum Gasteiger partial charge on any atom is -0.393 e. The third-order valence-electron chi connectivity index (χ3n) is 8.35. The third kappa shape index (κ3) is 4.30. The zero-order valence-electron chi connectivity index (χ0n) is 18.6. The van der Waals surface area contributed by atoms with Gasteiger partial charge >= 0.3 is 0 Å². The van der Waals surface area contributed by atoms with Gasteiger partial charge in [-0.3, -0.25) is 0 Å². The second kappa shape index (κ2) is 8.61. The van der Waals surface area contributed by atoms with Crippen molar-refractivity contribution in [1.82, 2.24) is 0 Å². The van der Waals surface area contributed by atoms with Gasteiger partial charge in [-0.1, -0.05) is 56.4 Å². The zero-order chi connectivity index (χ0) is 21.5. The minimum absolute atomic E-state index is 0.304. The van der Waals surface area contributed by atoms with E-state index in [1.165, 1.54) is 31.3 Å². The molecule has 164 valence electrons. The number of hydrogen-bond acceptors (Lipinski definition) is 3. The lowest BCUT2D eigenvalue weighted by molar-refractivity contribution is 0.0862. The van der Waals surface area contributed by atoms with Crippen LogP contribution in [0.15, 0.2) is 59.3 Å². The summed E-state index contributed by atoms with van der Waals surface area (Å²) in [6.07, 6.45) is 17.3. The Kier molecular flexibility index (Phi) is 6.25. The SMILES string of the molecule is C=C1/C(=C\C=C2/CCC[C@]3(C)[C@@H]([C@H](C)/C=C/[C@@H](O)C4=CC4)CC[C@@H]23)C[C@@H](O)C[C@@H]1O. The van der Waals surface area contributed by atoms with E-state index in [0.717, 1.165) is 29.6 Å². The van der Waals surface area contributed by atoms with E-state index in [1.54, 1.807) is 0 Å². The molecule has 0 amide bonds. The lowest BCUT2D eigenvalue weighted by atomic mass is 9.61. The number of rotatable bonds is 5. The van der Waals surface area contributed by atoms with Crippen LogP contribution in [0.4, 0.5) is 0 Å². The van der Waals surface area contributed by atoms with Gasteiger partial charge in [-0.2, -0.15) is 0 Å². The number of fused-ring (bicyclic) bond motifs is 1. The van der Waals surface area contributed by atoms with Crippen molar-refractivity contribution in [2.45, 2.75) is 83.5 Å². The van der Waals surface area contributed by atoms with Crippen molar-refractivity contribution in [1.29, 1.82) is 0 Å². The minimum atomic E-state index is -0.625. The second-order valence-electron chi connectivity index (χ2n) is 10.3. The van der Waals surface area contributed by atoms with Crippen LogP contribution in [0.2, 0.25) is 0 Å². The standard InChI is InChI=1S/C27H38O3/c1-17(6-13-25(29)20-8-9-20)23-11-12-24-19(5-4-14-27(23,24)3)7-10-21-15-22(28)16-26(30)18(21)2/h6-8,10,13,17,22-26,28-30H,2,4-5,9,11-12,14-16H2,1,3H3/b13-6+,19-7+,21-10-/t17-,22-,23-,24+,25-,26+,27-/m1/s1. The Bertz CT molecular complexity index is 801. The molecule has 0 aromatic heterocycles. The molecule has 0 spiro atoms. The molecule has 7 atom stereocenters. The molecule has 0 bridgehead atoms. The van der Waals surface area contributed by atoms with Gasteiger partial charge in [0.2, 0.25) is 0 Å². The zero-order valence-corrected chi connectivity index (χ0v) is 18.6. The second-order valence-corrected chi connectivity index (χ2v) is 10.3. The molecule has 30 heavy (non-hydrogen) atoms. The topological polar surface area (TPSA) is 60.7 Å². The summed E-state index contributed by atoms with van der Waals surface area (Å²) in [4.78, 5) is 0. The molecule has 3 heteroatoms. The first-order valence-electron chi connectivity index (χ1n) is 11.8. The maximum atomic E-state index is 10.2. The predicted octanol–water partition coefficient (Wildman–Crippen LogP) is 5.01. The molecule has 3 nitrogen and oxygen atoms in total. The first-order valence-corrected chi connectivity index (χ1v) is 11.8. The van der Waals surface area contributed by atoms with Gasteiger partial charge in [-0.25, -0.2) is 0 Å². The Balaban J connectivity index is 1.49. The highest BCUT2D eigenvalue weighted by Crippen LogP contribution is 2.59. The number of aliphatic hydroxyl groups excluding tert-OH is 3. The average molecular weight is 411 g/mol. The Hall–Kier alpha value is -1.42. The van der Waals surface area contributed by atoms with Crippen LogP contribution in [0.25, 0.3) is 0 Å². The van der Waals surface area contributed by atoms with Gasteiger partial charge < -0.3 is 15.3 Å². The van der Waals surface area contributed by atoms with Gasteiger partial charge in [-0.05, 0) is 84.8 Å². The normalized spacial score (nSPS) is 41.2. The van der Waals surface area contributed by atoms with Gasteiger partial charge in [0.25, 0.3) is 0 Å². The Morgan fingerprint density at radius 3 is 2.70 bits per heavy atom. The highest BCUT2D eigenvalue weighted by molar-refractivity contribution is 5.38. The highest BCUT2D eigenvalue weighted by atomic mass is 16.3. The van der Waals surface area contributed by atoms with Crippen molar-refractivity contribution in [3.63, 3.8) is 0 Å². The van der Waals surface area contributed by atoms with Crippen LogP contribution >= 0.6 is 0 Å². The lowest BCUT2D eigenvalue weighted by Crippen LogP contribution is -2.35. The van der Waals surface area contributed by atoms with Crippen molar-refractivity contribution >= 4 is 0 Å². The van der Waals surface area contributed by atoms with E-state index < -0.39 is 12.2 Å². The molecule has 0 unspecified atom stereocenters. The van der Waals surface area contributed by atoms with Gasteiger partial charge in [0.1, 0.15) is 0 Å². The third-order valence-corrected chi connectivity index (χ3v) is 8.35. The quantitative estimate of drug-likeness (QED) is 0.558. The molecule has 3 N–H and O–H groups in total. The van der Waals surface area contributed by atoms with Crippen LogP contribution < -0.4 is 0 Å². The molecule has 3 fully saturated rings. The van der Waals surface area contributed by atoms with E-state index in [-0.39, 0.29) is 6.10 Å². The first kappa shape index (κ1) is 21.8. The summed E-state index contributed by atoms with van der Waals surface area (Å²) in [6, 6.07) is 0. The van der Waals surface area contributed by atoms with Gasteiger partial charge in [-0.15, -0.1) is 0 Å². The molecule has 0 heterocycles. The van der Waals surface area contributed by atoms with E-state index in [4.69, 9.17) is 0 Å². The summed E-state index contributed by atoms with van der Waals surface area (Å²) in [5.41, 5.74) is 4.75. The van der Waals surface area contributed by atoms with Crippen molar-refractivity contribution in [3.05, 3.63) is 59.3 Å². The molecule has 4 aliphatic rings. The molecule has 4 rings (SSSR count). The smallest absolute Gasteiger partial charge is 0.0935 e. The summed E-state index contributed by atoms with van der Waals surface area (Å²) < 4.78 is 0. The fraction of sp³-hybridized carbons (Fsp3) is 0.630. The molecule has 0 aromatic rings. The van der Waals surface area contributed by atoms with Crippen LogP contribution in [0.5, 0.6) is 0 Å². The van der Waals surface area contributed by atoms with Crippen molar-refractivity contribution in [2.24, 2.45) is 23.2 Å². The van der Waals surface area contributed by atoms with E-state index in [2.05, 4.69) is 44.7 Å². The Morgan fingerprint density at radius 2 is 1.97 bits per heavy atom. The van der Waals surface area contributed by atoms with E-state index in [9.17, 15) is 15.3 Å². The first-order chi connectivity index (χ1) is 14.3. The van der Waals surface area contributed by atoms with E-state index >= 15 is 0 Å². The molecule has 0 aromatic carbocycles. The van der Waals surface area contributed by atoms with Gasteiger partial charge in [0.15, 0.2) is 0 Å². The summed E-state index contributed by atoms with van der Waals surface area (Å²) in [5.74, 6) is 1.71. The fourth-order valence-electron chi connectivity index (χ4n) is 6.45. The summed E-state index contributed by atoms with van der Waals surface area (Å²) >= 11 is 0. The van der Waals surface area contributed by atoms with Crippen molar-refractivity contribution in [3.8, 4) is 0 Å². The van der Waals surface area contributed by atoms with Crippen LogP contribution in [-0.4, -0.2) is 33.6 Å². The monoisotopic (exact) mass is 410 g/mol. The average Bonchev–Trinajstić information content (AvgIpc) is 3.49.